The molecule has 3 rings (SSSR count). The van der Waals surface area contributed by atoms with Gasteiger partial charge in [-0.1, -0.05) is 29.3 Å². The minimum absolute atomic E-state index is 0. The quantitative estimate of drug-likeness (QED) is 0.855. The fourth-order valence-corrected chi connectivity index (χ4v) is 3.95. The van der Waals surface area contributed by atoms with E-state index in [0.717, 1.165) is 18.4 Å². The van der Waals surface area contributed by atoms with Gasteiger partial charge in [-0.15, -0.1) is 12.4 Å². The highest BCUT2D eigenvalue weighted by molar-refractivity contribution is 6.35. The monoisotopic (exact) mass is 362 g/mol. The topological polar surface area (TPSA) is 41.1 Å². The Balaban J connectivity index is 0.00000176. The van der Waals surface area contributed by atoms with Gasteiger partial charge in [0.1, 0.15) is 0 Å². The molecule has 1 aromatic rings. The van der Waals surface area contributed by atoms with Crippen LogP contribution >= 0.6 is 35.6 Å². The number of halogens is 3. The van der Waals surface area contributed by atoms with Gasteiger partial charge in [0.05, 0.1) is 0 Å². The van der Waals surface area contributed by atoms with Gasteiger partial charge in [0, 0.05) is 34.6 Å². The molecule has 2 heterocycles. The summed E-state index contributed by atoms with van der Waals surface area (Å²) in [5, 5.41) is 8.01. The highest BCUT2D eigenvalue weighted by Crippen LogP contribution is 2.27. The van der Waals surface area contributed by atoms with Gasteiger partial charge in [-0.05, 0) is 49.8 Å². The second kappa shape index (κ2) is 7.87. The second-order valence-electron chi connectivity index (χ2n) is 6.11. The first kappa shape index (κ1) is 17.9. The Bertz CT molecular complexity index is 526. The lowest BCUT2D eigenvalue weighted by molar-refractivity contribution is -0.122. The summed E-state index contributed by atoms with van der Waals surface area (Å²) < 4.78 is 0. The van der Waals surface area contributed by atoms with Gasteiger partial charge in [0.2, 0.25) is 5.91 Å². The van der Waals surface area contributed by atoms with Crippen molar-refractivity contribution >= 4 is 41.5 Å². The van der Waals surface area contributed by atoms with Gasteiger partial charge in [-0.3, -0.25) is 4.79 Å². The Morgan fingerprint density at radius 1 is 1.23 bits per heavy atom. The van der Waals surface area contributed by atoms with Gasteiger partial charge >= 0.3 is 0 Å². The van der Waals surface area contributed by atoms with Crippen molar-refractivity contribution < 1.29 is 4.79 Å². The van der Waals surface area contributed by atoms with E-state index in [-0.39, 0.29) is 18.3 Å². The highest BCUT2D eigenvalue weighted by Gasteiger charge is 2.33. The average molecular weight is 364 g/mol. The van der Waals surface area contributed by atoms with Gasteiger partial charge in [0.15, 0.2) is 0 Å². The van der Waals surface area contributed by atoms with Crippen molar-refractivity contribution in [3.8, 4) is 0 Å². The van der Waals surface area contributed by atoms with E-state index in [4.69, 9.17) is 23.2 Å². The van der Waals surface area contributed by atoms with Crippen LogP contribution in [0, 0.1) is 0 Å². The molecular formula is C16H21Cl3N2O. The Labute approximate surface area is 147 Å². The van der Waals surface area contributed by atoms with Crippen LogP contribution in [0.4, 0.5) is 0 Å². The van der Waals surface area contributed by atoms with Gasteiger partial charge in [-0.25, -0.2) is 0 Å². The van der Waals surface area contributed by atoms with Crippen LogP contribution in [0.15, 0.2) is 18.2 Å². The van der Waals surface area contributed by atoms with Crippen LogP contribution in [0.5, 0.6) is 0 Å². The minimum Gasteiger partial charge on any atom is -0.353 e. The second-order valence-corrected chi connectivity index (χ2v) is 6.95. The molecule has 0 radical (unpaired) electrons. The van der Waals surface area contributed by atoms with Crippen LogP contribution in [-0.4, -0.2) is 24.0 Å². The number of amides is 1. The van der Waals surface area contributed by atoms with E-state index in [1.165, 1.54) is 12.8 Å². The Morgan fingerprint density at radius 3 is 2.55 bits per heavy atom. The number of carbonyl (C=O) groups is 1. The zero-order valence-corrected chi connectivity index (χ0v) is 14.6. The molecule has 0 saturated carbocycles. The summed E-state index contributed by atoms with van der Waals surface area (Å²) in [6, 6.07) is 6.95. The fraction of sp³-hybridized carbons (Fsp3) is 0.562. The van der Waals surface area contributed by atoms with E-state index in [2.05, 4.69) is 10.6 Å². The number of nitrogens with one attached hydrogen (secondary N) is 2. The van der Waals surface area contributed by atoms with Crippen molar-refractivity contribution in [1.29, 1.82) is 0 Å². The lowest BCUT2D eigenvalue weighted by Crippen LogP contribution is -2.48. The van der Waals surface area contributed by atoms with E-state index in [0.29, 0.717) is 41.0 Å². The normalized spacial score (nSPS) is 26.4. The Hall–Kier alpha value is -0.480. The molecular weight excluding hydrogens is 343 g/mol. The van der Waals surface area contributed by atoms with E-state index in [9.17, 15) is 4.79 Å². The average Bonchev–Trinajstić information content (AvgIpc) is 2.77. The molecule has 2 aliphatic heterocycles. The molecule has 2 bridgehead atoms. The first-order valence-corrected chi connectivity index (χ1v) is 8.35. The summed E-state index contributed by atoms with van der Waals surface area (Å²) in [7, 11) is 0. The van der Waals surface area contributed by atoms with Crippen molar-refractivity contribution in [2.45, 2.75) is 56.7 Å². The lowest BCUT2D eigenvalue weighted by Gasteiger charge is -2.29. The predicted octanol–water partition coefficient (Wildman–Crippen LogP) is 3.75. The molecule has 0 aliphatic carbocycles. The molecule has 1 amide bonds. The summed E-state index contributed by atoms with van der Waals surface area (Å²) in [5.74, 6) is 0.118. The third-order valence-electron chi connectivity index (χ3n) is 4.47. The molecule has 6 heteroatoms. The summed E-state index contributed by atoms with van der Waals surface area (Å²) in [5.41, 5.74) is 0.974. The van der Waals surface area contributed by atoms with E-state index in [1.807, 2.05) is 12.1 Å². The number of rotatable bonds is 4. The first-order valence-electron chi connectivity index (χ1n) is 7.59. The minimum atomic E-state index is 0. The van der Waals surface area contributed by atoms with Crippen LogP contribution in [0.1, 0.15) is 37.7 Å². The molecule has 122 valence electrons. The fourth-order valence-electron chi connectivity index (χ4n) is 3.45. The zero-order valence-electron chi connectivity index (χ0n) is 12.3. The first-order chi connectivity index (χ1) is 10.1. The maximum Gasteiger partial charge on any atom is 0.220 e. The molecule has 3 nitrogen and oxygen atoms in total. The lowest BCUT2D eigenvalue weighted by atomic mass is 9.99. The summed E-state index contributed by atoms with van der Waals surface area (Å²) >= 11 is 12.0. The van der Waals surface area contributed by atoms with Crippen LogP contribution in [-0.2, 0) is 11.2 Å². The smallest absolute Gasteiger partial charge is 0.220 e. The molecule has 2 fully saturated rings. The van der Waals surface area contributed by atoms with Crippen molar-refractivity contribution in [3.05, 3.63) is 33.8 Å². The Kier molecular flexibility index (Phi) is 6.39. The highest BCUT2D eigenvalue weighted by atomic mass is 35.5. The van der Waals surface area contributed by atoms with E-state index >= 15 is 0 Å². The number of fused-ring (bicyclic) bond motifs is 2. The van der Waals surface area contributed by atoms with Crippen molar-refractivity contribution in [3.63, 3.8) is 0 Å². The summed E-state index contributed by atoms with van der Waals surface area (Å²) in [6.07, 6.45) is 5.74. The molecule has 0 aromatic heterocycles. The number of hydrogen-bond donors (Lipinski definition) is 2. The molecule has 0 spiro atoms. The van der Waals surface area contributed by atoms with Crippen LogP contribution in [0.25, 0.3) is 0 Å². The third kappa shape index (κ3) is 4.51. The van der Waals surface area contributed by atoms with E-state index < -0.39 is 0 Å². The number of hydrogen-bond acceptors (Lipinski definition) is 2. The van der Waals surface area contributed by atoms with Gasteiger partial charge in [0.25, 0.3) is 0 Å². The number of aryl methyl sites for hydroxylation is 1. The molecule has 1 aromatic carbocycles. The van der Waals surface area contributed by atoms with Crippen LogP contribution in [0.2, 0.25) is 10.0 Å². The summed E-state index contributed by atoms with van der Waals surface area (Å²) in [4.78, 5) is 12.1. The molecule has 2 saturated heterocycles. The molecule has 2 unspecified atom stereocenters. The molecule has 2 atom stereocenters. The Morgan fingerprint density at radius 2 is 1.91 bits per heavy atom. The summed E-state index contributed by atoms with van der Waals surface area (Å²) in [6.45, 7) is 0. The predicted molar refractivity (Wildman–Crippen MR) is 93.1 cm³/mol. The zero-order chi connectivity index (χ0) is 14.8. The van der Waals surface area contributed by atoms with Crippen molar-refractivity contribution in [2.24, 2.45) is 0 Å². The molecule has 22 heavy (non-hydrogen) atoms. The number of benzene rings is 1. The third-order valence-corrected chi connectivity index (χ3v) is 5.06. The largest absolute Gasteiger partial charge is 0.353 e. The van der Waals surface area contributed by atoms with Crippen molar-refractivity contribution in [2.75, 3.05) is 0 Å². The number of piperidine rings is 1. The van der Waals surface area contributed by atoms with Gasteiger partial charge in [-0.2, -0.15) is 0 Å². The maximum absolute atomic E-state index is 12.1. The van der Waals surface area contributed by atoms with Crippen LogP contribution in [0.3, 0.4) is 0 Å². The standard InChI is InChI=1S/C16H20Cl2N2O.ClH/c17-11-3-1-10(15(18)7-11)2-6-16(21)20-14-8-12-4-5-13(9-14)19-12;/h1,3,7,12-14,19H,2,4-6,8-9H2,(H,20,21);1H. The van der Waals surface area contributed by atoms with E-state index in [1.54, 1.807) is 6.07 Å². The number of carbonyl (C=O) groups excluding carboxylic acids is 1. The van der Waals surface area contributed by atoms with Crippen LogP contribution < -0.4 is 10.6 Å². The SMILES string of the molecule is Cl.O=C(CCc1ccc(Cl)cc1Cl)NC1CC2CCC(C1)N2. The molecule has 2 N–H and O–H groups in total. The van der Waals surface area contributed by atoms with Crippen molar-refractivity contribution in [1.82, 2.24) is 10.6 Å². The molecule has 2 aliphatic rings. The maximum atomic E-state index is 12.1. The van der Waals surface area contributed by atoms with Gasteiger partial charge < -0.3 is 10.6 Å².